The fraction of sp³-hybridized carbons (Fsp3) is 0.568. The van der Waals surface area contributed by atoms with Crippen molar-refractivity contribution in [2.24, 2.45) is 5.92 Å². The number of alkyl carbamates (subject to hydrolysis) is 1. The summed E-state index contributed by atoms with van der Waals surface area (Å²) in [4.78, 5) is 64.9. The number of aromatic nitrogens is 2. The number of amides is 3. The molecule has 4 fully saturated rings. The lowest BCUT2D eigenvalue weighted by molar-refractivity contribution is -0.146. The second-order valence-electron chi connectivity index (χ2n) is 14.5. The summed E-state index contributed by atoms with van der Waals surface area (Å²) in [6.07, 6.45) is 7.90. The van der Waals surface area contributed by atoms with E-state index >= 15 is 0 Å². The summed E-state index contributed by atoms with van der Waals surface area (Å²) in [5.41, 5.74) is 6.26. The van der Waals surface area contributed by atoms with Crippen molar-refractivity contribution in [3.05, 3.63) is 29.6 Å². The highest BCUT2D eigenvalue weighted by Crippen LogP contribution is 2.47. The molecule has 2 saturated heterocycles. The Balaban J connectivity index is 1.19. The van der Waals surface area contributed by atoms with Crippen LogP contribution in [0.15, 0.2) is 29.6 Å². The smallest absolute Gasteiger partial charge is 0.408 e. The molecule has 0 bridgehead atoms. The Kier molecular flexibility index (Phi) is 10.4. The van der Waals surface area contributed by atoms with Crippen LogP contribution >= 0.6 is 11.3 Å². The number of thiazole rings is 1. The zero-order chi connectivity index (χ0) is 36.4. The van der Waals surface area contributed by atoms with Crippen molar-refractivity contribution in [3.8, 4) is 22.9 Å². The number of methoxy groups -OCH3 is 1. The lowest BCUT2D eigenvalue weighted by Gasteiger charge is -2.29. The molecular formula is C37H46N6O8S. The van der Waals surface area contributed by atoms with Crippen molar-refractivity contribution in [3.63, 3.8) is 0 Å². The second-order valence-corrected chi connectivity index (χ2v) is 15.4. The molecule has 3 amide bonds. The standard InChI is InChI=1S/C37H46N6O8S/c1-49-23-13-14-25-27(15-23)39-28(29-20-52-35(38)40-29)17-31(25)50-24-16-30-32(44)42-37(34(46)47)18-21(37)9-5-3-2-4-6-12-26(33(45)43(30)19-24)41-36(48)51-22-10-7-8-11-22/h13-15,17,20-22,24,26,30H,2-12,16,18-19H2,1H3,(H2,38,40)(H,41,48)(H,42,44)(H,46,47)/t21?,24-,26+,30+,37-/m1/s1. The Morgan fingerprint density at radius 3 is 2.48 bits per heavy atom. The summed E-state index contributed by atoms with van der Waals surface area (Å²) >= 11 is 1.29. The van der Waals surface area contributed by atoms with E-state index in [4.69, 9.17) is 24.9 Å². The third-order valence-corrected chi connectivity index (χ3v) is 11.6. The maximum absolute atomic E-state index is 14.5. The summed E-state index contributed by atoms with van der Waals surface area (Å²) in [5.74, 6) is -1.14. The summed E-state index contributed by atoms with van der Waals surface area (Å²) in [6.45, 7) is 0.0369. The minimum absolute atomic E-state index is 0.0369. The van der Waals surface area contributed by atoms with Gasteiger partial charge in [-0.3, -0.25) is 9.59 Å². The van der Waals surface area contributed by atoms with Crippen LogP contribution in [0.4, 0.5) is 9.93 Å². The molecule has 0 radical (unpaired) electrons. The van der Waals surface area contributed by atoms with E-state index in [2.05, 4.69) is 15.6 Å². The van der Waals surface area contributed by atoms with Gasteiger partial charge in [0.15, 0.2) is 5.13 Å². The number of carbonyl (C=O) groups is 4. The number of aliphatic carboxylic acids is 1. The van der Waals surface area contributed by atoms with Crippen molar-refractivity contribution < 1.29 is 38.5 Å². The van der Waals surface area contributed by atoms with Crippen molar-refractivity contribution in [1.82, 2.24) is 25.5 Å². The van der Waals surface area contributed by atoms with E-state index in [1.807, 2.05) is 6.07 Å². The minimum Gasteiger partial charge on any atom is -0.497 e. The van der Waals surface area contributed by atoms with Gasteiger partial charge in [-0.15, -0.1) is 11.3 Å². The molecule has 4 aliphatic rings. The van der Waals surface area contributed by atoms with Gasteiger partial charge in [-0.05, 0) is 63.0 Å². The molecule has 4 heterocycles. The molecule has 2 aliphatic heterocycles. The van der Waals surface area contributed by atoms with Crippen LogP contribution in [0.25, 0.3) is 22.3 Å². The number of nitrogens with zero attached hydrogens (tertiary/aromatic N) is 3. The Morgan fingerprint density at radius 1 is 1.00 bits per heavy atom. The number of hydrogen-bond donors (Lipinski definition) is 4. The highest BCUT2D eigenvalue weighted by Gasteiger charge is 2.62. The molecule has 1 aromatic carbocycles. The summed E-state index contributed by atoms with van der Waals surface area (Å²) < 4.78 is 17.8. The third kappa shape index (κ3) is 7.59. The maximum Gasteiger partial charge on any atom is 0.408 e. The monoisotopic (exact) mass is 734 g/mol. The summed E-state index contributed by atoms with van der Waals surface area (Å²) in [5, 5.41) is 18.8. The van der Waals surface area contributed by atoms with Crippen LogP contribution in [0, 0.1) is 5.92 Å². The number of ether oxygens (including phenoxy) is 3. The fourth-order valence-corrected chi connectivity index (χ4v) is 8.56. The molecule has 2 aromatic heterocycles. The second kappa shape index (κ2) is 15.1. The van der Waals surface area contributed by atoms with Gasteiger partial charge in [0.2, 0.25) is 11.8 Å². The normalized spacial score (nSPS) is 27.1. The zero-order valence-electron chi connectivity index (χ0n) is 29.3. The largest absolute Gasteiger partial charge is 0.497 e. The molecule has 15 heteroatoms. The number of nitrogens with two attached hydrogens (primary N) is 1. The van der Waals surface area contributed by atoms with Crippen LogP contribution in [0.5, 0.6) is 11.5 Å². The van der Waals surface area contributed by atoms with E-state index in [1.54, 1.807) is 30.7 Å². The fourth-order valence-electron chi connectivity index (χ4n) is 8.00. The number of rotatable bonds is 7. The number of carbonyl (C=O) groups excluding carboxylic acids is 3. The van der Waals surface area contributed by atoms with Crippen molar-refractivity contribution in [1.29, 1.82) is 0 Å². The number of fused-ring (bicyclic) bond motifs is 3. The molecule has 5 atom stereocenters. The number of anilines is 1. The van der Waals surface area contributed by atoms with Gasteiger partial charge in [0.25, 0.3) is 0 Å². The molecule has 1 unspecified atom stereocenters. The van der Waals surface area contributed by atoms with Gasteiger partial charge in [0, 0.05) is 29.3 Å². The van der Waals surface area contributed by atoms with Crippen LogP contribution in [0.3, 0.4) is 0 Å². The Hall–Kier alpha value is -4.66. The van der Waals surface area contributed by atoms with E-state index in [0.717, 1.165) is 51.4 Å². The van der Waals surface area contributed by atoms with E-state index < -0.39 is 47.6 Å². The lowest BCUT2D eigenvalue weighted by atomic mass is 10.0. The third-order valence-electron chi connectivity index (χ3n) is 11.0. The number of nitrogens with one attached hydrogen (secondary N) is 2. The number of pyridine rings is 1. The molecule has 7 rings (SSSR count). The van der Waals surface area contributed by atoms with Gasteiger partial charge < -0.3 is 40.6 Å². The molecule has 278 valence electrons. The van der Waals surface area contributed by atoms with E-state index in [0.29, 0.717) is 64.6 Å². The van der Waals surface area contributed by atoms with Crippen LogP contribution in [-0.4, -0.2) is 87.3 Å². The van der Waals surface area contributed by atoms with Gasteiger partial charge in [-0.25, -0.2) is 19.6 Å². The lowest BCUT2D eigenvalue weighted by Crippen LogP contribution is -2.56. The van der Waals surface area contributed by atoms with Crippen molar-refractivity contribution in [2.45, 2.75) is 113 Å². The van der Waals surface area contributed by atoms with Crippen molar-refractivity contribution in [2.75, 3.05) is 19.4 Å². The van der Waals surface area contributed by atoms with Gasteiger partial charge in [0.05, 0.1) is 24.9 Å². The van der Waals surface area contributed by atoms with Crippen LogP contribution < -0.4 is 25.8 Å². The minimum atomic E-state index is -1.36. The first-order valence-corrected chi connectivity index (χ1v) is 19.2. The molecular weight excluding hydrogens is 689 g/mol. The number of carboxylic acid groups (broad SMARTS) is 1. The zero-order valence-corrected chi connectivity index (χ0v) is 30.1. The first-order chi connectivity index (χ1) is 25.1. The van der Waals surface area contributed by atoms with Gasteiger partial charge in [-0.2, -0.15) is 0 Å². The summed E-state index contributed by atoms with van der Waals surface area (Å²) in [7, 11) is 1.57. The summed E-state index contributed by atoms with van der Waals surface area (Å²) in [6, 6.07) is 5.23. The average molecular weight is 735 g/mol. The molecule has 5 N–H and O–H groups in total. The molecule has 3 aromatic rings. The van der Waals surface area contributed by atoms with Crippen LogP contribution in [0.2, 0.25) is 0 Å². The predicted molar refractivity (Wildman–Crippen MR) is 193 cm³/mol. The molecule has 52 heavy (non-hydrogen) atoms. The Morgan fingerprint density at radius 2 is 1.75 bits per heavy atom. The average Bonchev–Trinajstić information content (AvgIpc) is 3.54. The molecule has 0 spiro atoms. The van der Waals surface area contributed by atoms with E-state index in [9.17, 15) is 24.3 Å². The first kappa shape index (κ1) is 35.7. The van der Waals surface area contributed by atoms with Crippen molar-refractivity contribution >= 4 is 51.2 Å². The highest BCUT2D eigenvalue weighted by molar-refractivity contribution is 7.13. The Labute approximate surface area is 305 Å². The maximum atomic E-state index is 14.5. The SMILES string of the molecule is COc1ccc2c(O[C@@H]3C[C@H]4C(=O)N[C@]5(C(=O)O)CC5CCCCCCC[C@H](NC(=O)OC5CCCC5)C(=O)N4C3)cc(-c3csc(N)n3)nc2c1. The molecule has 2 aliphatic carbocycles. The van der Waals surface area contributed by atoms with Gasteiger partial charge in [0.1, 0.15) is 47.0 Å². The first-order valence-electron chi connectivity index (χ1n) is 18.3. The number of hydrogen-bond acceptors (Lipinski definition) is 11. The number of nitrogen functional groups attached to an aromatic ring is 1. The molecule has 2 saturated carbocycles. The van der Waals surface area contributed by atoms with Gasteiger partial charge >= 0.3 is 12.1 Å². The van der Waals surface area contributed by atoms with Crippen LogP contribution in [0.1, 0.15) is 83.5 Å². The Bertz CT molecular complexity index is 1830. The predicted octanol–water partition coefficient (Wildman–Crippen LogP) is 5.04. The highest BCUT2D eigenvalue weighted by atomic mass is 32.1. The van der Waals surface area contributed by atoms with E-state index in [1.165, 1.54) is 16.2 Å². The van der Waals surface area contributed by atoms with Crippen LogP contribution in [-0.2, 0) is 19.1 Å². The number of carboxylic acids is 1. The topological polar surface area (TPSA) is 195 Å². The quantitative estimate of drug-likeness (QED) is 0.254. The van der Waals surface area contributed by atoms with E-state index in [-0.39, 0.29) is 25.0 Å². The molecule has 14 nitrogen and oxygen atoms in total. The number of benzene rings is 1. The van der Waals surface area contributed by atoms with Gasteiger partial charge in [-0.1, -0.05) is 32.1 Å².